The Balaban J connectivity index is 1.56. The van der Waals surface area contributed by atoms with Crippen LogP contribution in [0.2, 0.25) is 0 Å². The van der Waals surface area contributed by atoms with Gasteiger partial charge in [-0.05, 0) is 51.0 Å². The predicted molar refractivity (Wildman–Crippen MR) is 252 cm³/mol. The molecule has 0 aromatic heterocycles. The molecule has 24 heteroatoms. The molecule has 3 heterocycles. The van der Waals surface area contributed by atoms with Crippen molar-refractivity contribution in [3.05, 3.63) is 71.1 Å². The topological polar surface area (TPSA) is 340 Å². The normalized spacial score (nSPS) is 28.3. The Kier molecular flexibility index (Phi) is 19.3. The van der Waals surface area contributed by atoms with E-state index in [-0.39, 0.29) is 18.9 Å². The summed E-state index contributed by atoms with van der Waals surface area (Å²) in [5, 5.41) is 79.2. The smallest absolute Gasteiger partial charge is 0.408 e. The number of benzene rings is 2. The maximum absolute atomic E-state index is 14.6. The lowest BCUT2D eigenvalue weighted by molar-refractivity contribution is -0.147. The minimum absolute atomic E-state index is 0.183. The first-order valence-corrected chi connectivity index (χ1v) is 23.5. The van der Waals surface area contributed by atoms with Crippen LogP contribution < -0.4 is 36.1 Å². The van der Waals surface area contributed by atoms with Crippen LogP contribution in [0.5, 0.6) is 11.5 Å². The largest absolute Gasteiger partial charge is 0.493 e. The van der Waals surface area contributed by atoms with E-state index in [2.05, 4.69) is 31.4 Å². The first kappa shape index (κ1) is 56.3. The highest BCUT2D eigenvalue weighted by molar-refractivity contribution is 5.98. The summed E-state index contributed by atoms with van der Waals surface area (Å²) < 4.78 is 16.8. The Labute approximate surface area is 416 Å². The monoisotopic (exact) mass is 1010 g/mol. The number of fused-ring (bicyclic) bond motifs is 2. The molecule has 2 aromatic rings. The van der Waals surface area contributed by atoms with Gasteiger partial charge in [-0.3, -0.25) is 28.8 Å². The van der Waals surface area contributed by atoms with Crippen molar-refractivity contribution in [1.82, 2.24) is 36.4 Å². The summed E-state index contributed by atoms with van der Waals surface area (Å²) in [7, 11) is 1.38. The molecular formula is C48H66N8O16. The van der Waals surface area contributed by atoms with Crippen molar-refractivity contribution in [2.45, 2.75) is 139 Å². The molecular weight excluding hydrogens is 945 g/mol. The Morgan fingerprint density at radius 1 is 0.806 bits per heavy atom. The van der Waals surface area contributed by atoms with Crippen molar-refractivity contribution in [1.29, 1.82) is 0 Å². The minimum Gasteiger partial charge on any atom is -0.493 e. The molecule has 3 aliphatic rings. The van der Waals surface area contributed by atoms with E-state index >= 15 is 0 Å². The fourth-order valence-corrected chi connectivity index (χ4v) is 8.62. The second-order valence-electron chi connectivity index (χ2n) is 19.3. The van der Waals surface area contributed by atoms with Gasteiger partial charge in [-0.25, -0.2) is 11.4 Å². The zero-order chi connectivity index (χ0) is 53.2. The number of amides is 7. The summed E-state index contributed by atoms with van der Waals surface area (Å²) >= 11 is 0. The van der Waals surface area contributed by atoms with Crippen LogP contribution in [0.3, 0.4) is 0 Å². The molecule has 3 saturated heterocycles. The Morgan fingerprint density at radius 2 is 1.46 bits per heavy atom. The molecule has 72 heavy (non-hydrogen) atoms. The van der Waals surface area contributed by atoms with Crippen molar-refractivity contribution in [2.24, 2.45) is 5.92 Å². The molecule has 0 saturated carbocycles. The number of rotatable bonds is 11. The van der Waals surface area contributed by atoms with Crippen LogP contribution in [0.15, 0.2) is 48.5 Å². The minimum atomic E-state index is -2.04. The first-order valence-electron chi connectivity index (χ1n) is 23.5. The second-order valence-corrected chi connectivity index (χ2v) is 19.3. The van der Waals surface area contributed by atoms with Crippen LogP contribution in [-0.4, -0.2) is 194 Å². The third-order valence-electron chi connectivity index (χ3n) is 12.3. The van der Waals surface area contributed by atoms with E-state index in [0.717, 1.165) is 22.3 Å². The van der Waals surface area contributed by atoms with Crippen molar-refractivity contribution in [3.63, 3.8) is 0 Å². The molecule has 0 spiro atoms. The van der Waals surface area contributed by atoms with Crippen molar-refractivity contribution < 1.29 is 78.4 Å². The van der Waals surface area contributed by atoms with Crippen molar-refractivity contribution in [2.75, 3.05) is 33.3 Å². The summed E-state index contributed by atoms with van der Waals surface area (Å²) in [6.45, 7) is 12.7. The molecule has 0 radical (unpaired) electrons. The van der Waals surface area contributed by atoms with E-state index in [1.807, 2.05) is 30.3 Å². The van der Waals surface area contributed by atoms with E-state index in [9.17, 15) is 64.2 Å². The van der Waals surface area contributed by atoms with Gasteiger partial charge in [0.2, 0.25) is 42.0 Å². The molecule has 0 bridgehead atoms. The lowest BCUT2D eigenvalue weighted by Crippen LogP contribution is -2.64. The Hall–Kier alpha value is -6.62. The number of β-amino-alcohol motifs (C(OH)–C–C–N with tert-alkyl or cyclic N) is 1. The SMILES string of the molecule is [C-]#[N+]C[C@@H](O)[C@@H]1NC(=O)[C@H]([C@H](O)Cc2ccc(OCc3ccccc3)c(OC)c2)NC(=O)[C@@H]2C[C@@H](O)CN2C(=O)[C@H]([C@@H](C)O)NC(=O)[C@@H](NC(=O)OC(C)(C)C)C[C@@H](O)CNC(=O)[C@@H]2[C@@H](O)[C@@H](C)CN2C1=O. The predicted octanol–water partition coefficient (Wildman–Crippen LogP) is -2.76. The molecule has 2 aromatic carbocycles. The average molecular weight is 1010 g/mol. The molecule has 13 atom stereocenters. The Morgan fingerprint density at radius 3 is 2.10 bits per heavy atom. The van der Waals surface area contributed by atoms with Gasteiger partial charge in [-0.2, -0.15) is 0 Å². The molecule has 5 rings (SSSR count). The number of carbonyl (C=O) groups excluding carboxylic acids is 7. The number of nitrogens with one attached hydrogen (secondary N) is 5. The maximum Gasteiger partial charge on any atom is 0.408 e. The lowest BCUT2D eigenvalue weighted by Gasteiger charge is -2.33. The van der Waals surface area contributed by atoms with Gasteiger partial charge in [0.05, 0.1) is 37.6 Å². The average Bonchev–Trinajstić information content (AvgIpc) is 3.86. The number of alkyl carbamates (subject to hydrolysis) is 1. The summed E-state index contributed by atoms with van der Waals surface area (Å²) in [6, 6.07) is 2.91. The molecule has 3 fully saturated rings. The number of methoxy groups -OCH3 is 1. The van der Waals surface area contributed by atoms with Crippen LogP contribution in [0.25, 0.3) is 4.85 Å². The number of aliphatic hydroxyl groups excluding tert-OH is 6. The van der Waals surface area contributed by atoms with E-state index in [1.54, 1.807) is 32.9 Å². The third-order valence-corrected chi connectivity index (χ3v) is 12.3. The van der Waals surface area contributed by atoms with Gasteiger partial charge in [0.15, 0.2) is 17.6 Å². The van der Waals surface area contributed by atoms with Gasteiger partial charge in [0.25, 0.3) is 0 Å². The van der Waals surface area contributed by atoms with E-state index in [1.165, 1.54) is 20.1 Å². The van der Waals surface area contributed by atoms with Crippen LogP contribution in [0, 0.1) is 12.5 Å². The maximum atomic E-state index is 14.6. The number of hydrogen-bond acceptors (Lipinski definition) is 16. The molecule has 24 nitrogen and oxygen atoms in total. The summed E-state index contributed by atoms with van der Waals surface area (Å²) in [4.78, 5) is 104. The van der Waals surface area contributed by atoms with Crippen LogP contribution in [0.4, 0.5) is 4.79 Å². The number of carbonyl (C=O) groups is 7. The van der Waals surface area contributed by atoms with Gasteiger partial charge in [0.1, 0.15) is 48.5 Å². The van der Waals surface area contributed by atoms with Crippen molar-refractivity contribution >= 4 is 41.5 Å². The van der Waals surface area contributed by atoms with E-state index in [4.69, 9.17) is 20.8 Å². The van der Waals surface area contributed by atoms with Gasteiger partial charge in [0, 0.05) is 44.8 Å². The zero-order valence-corrected chi connectivity index (χ0v) is 40.9. The van der Waals surface area contributed by atoms with E-state index < -0.39 is 165 Å². The molecule has 394 valence electrons. The molecule has 7 amide bonds. The number of ether oxygens (including phenoxy) is 3. The second kappa shape index (κ2) is 24.7. The standard InChI is InChI=1S/C48H66N8O16/c1-24-21-56-39(40(24)62)44(66)50-19-28(58)17-30(51-47(69)72-48(3,4)5)41(63)52-36(25(2)57)45(67)55-22-29(59)18-31(55)42(64)53-37(43(65)54-38(46(56)68)33(61)20-49-6)32(60)15-27-13-14-34(35(16-27)70-7)71-23-26-11-9-8-10-12-26/h8-14,16,24-25,28-33,36-40,57-62H,15,17-23H2,1-5,7H3,(H,50,66)(H,51,69)(H,52,63)(H,53,64)(H,54,65)/t24-,25+,28+,29+,30-,31-,32+,33+,36-,37-,38-,39-,40-/m0/s1. The molecule has 0 unspecified atom stereocenters. The number of nitrogens with zero attached hydrogens (tertiary/aromatic N) is 3. The highest BCUT2D eigenvalue weighted by atomic mass is 16.6. The molecule has 3 aliphatic heterocycles. The summed E-state index contributed by atoms with van der Waals surface area (Å²) in [5.74, 6) is -7.04. The fraction of sp³-hybridized carbons (Fsp3) is 0.583. The lowest BCUT2D eigenvalue weighted by atomic mass is 9.99. The van der Waals surface area contributed by atoms with Gasteiger partial charge >= 0.3 is 6.09 Å². The third kappa shape index (κ3) is 14.5. The highest BCUT2D eigenvalue weighted by Gasteiger charge is 2.50. The van der Waals surface area contributed by atoms with Gasteiger partial charge < -0.3 is 86.1 Å². The van der Waals surface area contributed by atoms with Gasteiger partial charge in [-0.15, -0.1) is 0 Å². The number of aliphatic hydroxyl groups is 6. The number of hydrogen-bond donors (Lipinski definition) is 11. The highest BCUT2D eigenvalue weighted by Crippen LogP contribution is 2.30. The van der Waals surface area contributed by atoms with E-state index in [0.29, 0.717) is 11.3 Å². The van der Waals surface area contributed by atoms with Crippen LogP contribution >= 0.6 is 0 Å². The van der Waals surface area contributed by atoms with Gasteiger partial charge in [-0.1, -0.05) is 43.3 Å². The zero-order valence-electron chi connectivity index (χ0n) is 40.9. The molecule has 11 N–H and O–H groups in total. The van der Waals surface area contributed by atoms with Crippen LogP contribution in [-0.2, 0) is 46.5 Å². The Bertz CT molecular complexity index is 2310. The van der Waals surface area contributed by atoms with Crippen molar-refractivity contribution in [3.8, 4) is 11.5 Å². The summed E-state index contributed by atoms with van der Waals surface area (Å²) in [6.07, 6.45) is -12.7. The fourth-order valence-electron chi connectivity index (χ4n) is 8.62. The summed E-state index contributed by atoms with van der Waals surface area (Å²) in [5.41, 5.74) is 0.144. The first-order chi connectivity index (χ1) is 33.9. The van der Waals surface area contributed by atoms with Crippen LogP contribution in [0.1, 0.15) is 58.6 Å². The quantitative estimate of drug-likeness (QED) is 0.102. The molecule has 0 aliphatic carbocycles.